The van der Waals surface area contributed by atoms with Gasteiger partial charge in [0.15, 0.2) is 0 Å². The van der Waals surface area contributed by atoms with Gasteiger partial charge in [-0.1, -0.05) is 19.4 Å². The molecule has 0 aliphatic carbocycles. The average Bonchev–Trinajstić information content (AvgIpc) is 2.28. The predicted octanol–water partition coefficient (Wildman–Crippen LogP) is 3.47. The molecule has 1 rings (SSSR count). The van der Waals surface area contributed by atoms with Gasteiger partial charge in [-0.25, -0.2) is 0 Å². The number of anilines is 3. The summed E-state index contributed by atoms with van der Waals surface area (Å²) in [7, 11) is 0. The summed E-state index contributed by atoms with van der Waals surface area (Å²) in [6, 6.07) is 6.21. The molecule has 1 aromatic rings. The van der Waals surface area contributed by atoms with E-state index in [1.165, 1.54) is 12.8 Å². The lowest BCUT2D eigenvalue weighted by atomic mass is 10.2. The van der Waals surface area contributed by atoms with Crippen molar-refractivity contribution in [2.45, 2.75) is 32.7 Å². The van der Waals surface area contributed by atoms with E-state index in [1.807, 2.05) is 18.2 Å². The monoisotopic (exact) mass is 233 g/mol. The zero-order valence-electron chi connectivity index (χ0n) is 10.8. The van der Waals surface area contributed by atoms with Gasteiger partial charge < -0.3 is 16.4 Å². The van der Waals surface area contributed by atoms with E-state index in [0.717, 1.165) is 23.6 Å². The molecule has 4 N–H and O–H groups in total. The Kier molecular flexibility index (Phi) is 5.40. The van der Waals surface area contributed by atoms with Gasteiger partial charge >= 0.3 is 0 Å². The van der Waals surface area contributed by atoms with Crippen molar-refractivity contribution in [2.24, 2.45) is 0 Å². The quantitative estimate of drug-likeness (QED) is 0.384. The van der Waals surface area contributed by atoms with Crippen molar-refractivity contribution in [3.63, 3.8) is 0 Å². The molecule has 94 valence electrons. The standard InChI is InChI=1S/C14H23N3/c1-4-6-7-16-13-8-12(15)9-14(10-13)17-11(3)5-2/h5,8-11,16-17H,2,4,6-7,15H2,1,3H3. The van der Waals surface area contributed by atoms with Crippen LogP contribution in [0.15, 0.2) is 30.9 Å². The normalized spacial score (nSPS) is 11.9. The molecule has 0 fully saturated rings. The van der Waals surface area contributed by atoms with Crippen LogP contribution in [-0.2, 0) is 0 Å². The molecule has 0 bridgehead atoms. The molecular weight excluding hydrogens is 210 g/mol. The summed E-state index contributed by atoms with van der Waals surface area (Å²) < 4.78 is 0. The third kappa shape index (κ3) is 4.81. The molecule has 1 unspecified atom stereocenters. The first-order valence-corrected chi connectivity index (χ1v) is 6.19. The van der Waals surface area contributed by atoms with Crippen molar-refractivity contribution in [3.05, 3.63) is 30.9 Å². The molecule has 3 heteroatoms. The van der Waals surface area contributed by atoms with Gasteiger partial charge in [-0.15, -0.1) is 6.58 Å². The molecule has 0 aromatic heterocycles. The Bertz CT molecular complexity index is 360. The maximum absolute atomic E-state index is 5.87. The lowest BCUT2D eigenvalue weighted by molar-refractivity contribution is 0.834. The fourth-order valence-electron chi connectivity index (χ4n) is 1.57. The Labute approximate surface area is 104 Å². The Morgan fingerprint density at radius 1 is 1.35 bits per heavy atom. The van der Waals surface area contributed by atoms with Crippen molar-refractivity contribution in [1.29, 1.82) is 0 Å². The van der Waals surface area contributed by atoms with E-state index in [1.54, 1.807) is 0 Å². The molecular formula is C14H23N3. The van der Waals surface area contributed by atoms with Gasteiger partial charge in [0.1, 0.15) is 0 Å². The maximum atomic E-state index is 5.87. The Morgan fingerprint density at radius 2 is 2.06 bits per heavy atom. The first kappa shape index (κ1) is 13.4. The van der Waals surface area contributed by atoms with Crippen LogP contribution in [0.2, 0.25) is 0 Å². The molecule has 0 spiro atoms. The number of rotatable bonds is 7. The van der Waals surface area contributed by atoms with Gasteiger partial charge in [0, 0.05) is 29.6 Å². The van der Waals surface area contributed by atoms with E-state index < -0.39 is 0 Å². The summed E-state index contributed by atoms with van der Waals surface area (Å²) in [4.78, 5) is 0. The van der Waals surface area contributed by atoms with Crippen LogP contribution in [0.4, 0.5) is 17.1 Å². The van der Waals surface area contributed by atoms with Crippen LogP contribution in [-0.4, -0.2) is 12.6 Å². The zero-order valence-corrected chi connectivity index (χ0v) is 10.8. The van der Waals surface area contributed by atoms with Crippen LogP contribution in [0, 0.1) is 0 Å². The van der Waals surface area contributed by atoms with E-state index in [0.29, 0.717) is 0 Å². The van der Waals surface area contributed by atoms with Crippen LogP contribution < -0.4 is 16.4 Å². The molecule has 17 heavy (non-hydrogen) atoms. The number of hydrogen-bond donors (Lipinski definition) is 3. The van der Waals surface area contributed by atoms with Crippen LogP contribution >= 0.6 is 0 Å². The number of hydrogen-bond acceptors (Lipinski definition) is 3. The first-order valence-electron chi connectivity index (χ1n) is 6.19. The molecule has 0 saturated heterocycles. The van der Waals surface area contributed by atoms with Crippen molar-refractivity contribution in [1.82, 2.24) is 0 Å². The molecule has 1 aromatic carbocycles. The topological polar surface area (TPSA) is 50.1 Å². The Hall–Kier alpha value is -1.64. The molecule has 1 atom stereocenters. The lowest BCUT2D eigenvalue weighted by Crippen LogP contribution is -2.12. The van der Waals surface area contributed by atoms with Crippen LogP contribution in [0.3, 0.4) is 0 Å². The van der Waals surface area contributed by atoms with E-state index in [4.69, 9.17) is 5.73 Å². The molecule has 0 aliphatic heterocycles. The summed E-state index contributed by atoms with van der Waals surface area (Å²) in [5.41, 5.74) is 8.74. The second kappa shape index (κ2) is 6.84. The van der Waals surface area contributed by atoms with E-state index in [2.05, 4.69) is 37.1 Å². The fraction of sp³-hybridized carbons (Fsp3) is 0.429. The van der Waals surface area contributed by atoms with Crippen LogP contribution in [0.5, 0.6) is 0 Å². The summed E-state index contributed by atoms with van der Waals surface area (Å²) >= 11 is 0. The fourth-order valence-corrected chi connectivity index (χ4v) is 1.57. The summed E-state index contributed by atoms with van der Waals surface area (Å²) in [6.07, 6.45) is 4.22. The highest BCUT2D eigenvalue weighted by Crippen LogP contribution is 2.21. The average molecular weight is 233 g/mol. The van der Waals surface area contributed by atoms with Gasteiger partial charge in [-0.3, -0.25) is 0 Å². The summed E-state index contributed by atoms with van der Waals surface area (Å²) in [5.74, 6) is 0. The molecule has 0 saturated carbocycles. The largest absolute Gasteiger partial charge is 0.399 e. The number of nitrogens with one attached hydrogen (secondary N) is 2. The second-order valence-corrected chi connectivity index (χ2v) is 4.29. The Balaban J connectivity index is 2.68. The molecule has 3 nitrogen and oxygen atoms in total. The minimum absolute atomic E-state index is 0.236. The third-order valence-corrected chi connectivity index (χ3v) is 2.56. The second-order valence-electron chi connectivity index (χ2n) is 4.29. The maximum Gasteiger partial charge on any atom is 0.0413 e. The zero-order chi connectivity index (χ0) is 12.7. The van der Waals surface area contributed by atoms with E-state index in [-0.39, 0.29) is 6.04 Å². The van der Waals surface area contributed by atoms with E-state index >= 15 is 0 Å². The lowest BCUT2D eigenvalue weighted by Gasteiger charge is -2.14. The number of nitrogen functional groups attached to an aromatic ring is 1. The SMILES string of the molecule is C=CC(C)Nc1cc(N)cc(NCCCC)c1. The molecule has 0 aliphatic rings. The molecule has 0 radical (unpaired) electrons. The molecule has 0 amide bonds. The van der Waals surface area contributed by atoms with Crippen molar-refractivity contribution in [2.75, 3.05) is 22.9 Å². The van der Waals surface area contributed by atoms with Crippen molar-refractivity contribution in [3.8, 4) is 0 Å². The third-order valence-electron chi connectivity index (χ3n) is 2.56. The van der Waals surface area contributed by atoms with Gasteiger partial charge in [0.2, 0.25) is 0 Å². The van der Waals surface area contributed by atoms with Crippen LogP contribution in [0.1, 0.15) is 26.7 Å². The van der Waals surface area contributed by atoms with Gasteiger partial charge in [-0.2, -0.15) is 0 Å². The van der Waals surface area contributed by atoms with Gasteiger partial charge in [0.25, 0.3) is 0 Å². The minimum Gasteiger partial charge on any atom is -0.399 e. The highest BCUT2D eigenvalue weighted by molar-refractivity contribution is 5.66. The highest BCUT2D eigenvalue weighted by atomic mass is 14.9. The van der Waals surface area contributed by atoms with Crippen molar-refractivity contribution < 1.29 is 0 Å². The summed E-state index contributed by atoms with van der Waals surface area (Å²) in [6.45, 7) is 8.97. The smallest absolute Gasteiger partial charge is 0.0413 e. The van der Waals surface area contributed by atoms with Crippen LogP contribution in [0.25, 0.3) is 0 Å². The number of unbranched alkanes of at least 4 members (excludes halogenated alkanes) is 1. The number of nitrogens with two attached hydrogens (primary N) is 1. The van der Waals surface area contributed by atoms with E-state index in [9.17, 15) is 0 Å². The van der Waals surface area contributed by atoms with Gasteiger partial charge in [0.05, 0.1) is 0 Å². The first-order chi connectivity index (χ1) is 8.15. The Morgan fingerprint density at radius 3 is 2.71 bits per heavy atom. The van der Waals surface area contributed by atoms with Gasteiger partial charge in [-0.05, 0) is 31.5 Å². The highest BCUT2D eigenvalue weighted by Gasteiger charge is 2.01. The minimum atomic E-state index is 0.236. The molecule has 0 heterocycles. The number of benzene rings is 1. The summed E-state index contributed by atoms with van der Waals surface area (Å²) in [5, 5.41) is 6.70. The van der Waals surface area contributed by atoms with Crippen molar-refractivity contribution >= 4 is 17.1 Å². The predicted molar refractivity (Wildman–Crippen MR) is 77.5 cm³/mol.